The summed E-state index contributed by atoms with van der Waals surface area (Å²) in [5.74, 6) is -5.69. The van der Waals surface area contributed by atoms with Gasteiger partial charge in [-0.3, -0.25) is 0 Å². The highest BCUT2D eigenvalue weighted by Crippen LogP contribution is 2.34. The lowest BCUT2D eigenvalue weighted by Crippen LogP contribution is -2.25. The van der Waals surface area contributed by atoms with Crippen LogP contribution in [0.15, 0.2) is 4.52 Å². The average Bonchev–Trinajstić information content (AvgIpc) is 2.66. The fourth-order valence-corrected chi connectivity index (χ4v) is 1.85. The van der Waals surface area contributed by atoms with Gasteiger partial charge >= 0.3 is 18.2 Å². The van der Waals surface area contributed by atoms with Crippen molar-refractivity contribution in [2.45, 2.75) is 44.1 Å². The number of nitrogens with one attached hydrogen (secondary N) is 1. The first kappa shape index (κ1) is 13.3. The minimum atomic E-state index is -4.39. The minimum Gasteiger partial charge on any atom is -0.332 e. The Bertz CT molecular complexity index is 388. The van der Waals surface area contributed by atoms with E-state index in [2.05, 4.69) is 20.0 Å². The van der Waals surface area contributed by atoms with Crippen LogP contribution in [0.1, 0.15) is 43.4 Å². The molecule has 0 spiro atoms. The van der Waals surface area contributed by atoms with Crippen molar-refractivity contribution in [3.63, 3.8) is 0 Å². The van der Waals surface area contributed by atoms with Gasteiger partial charge < -0.3 is 9.84 Å². The Hall–Kier alpha value is -1.18. The maximum Gasteiger partial charge on any atom is 0.383 e. The van der Waals surface area contributed by atoms with Crippen LogP contribution in [0.25, 0.3) is 0 Å². The molecule has 0 bridgehead atoms. The first-order valence-corrected chi connectivity index (χ1v) is 5.75. The summed E-state index contributed by atoms with van der Waals surface area (Å²) < 4.78 is 54.4. The number of hydrogen-bond acceptors (Lipinski definition) is 4. The lowest BCUT2D eigenvalue weighted by Gasteiger charge is -2.11. The summed E-state index contributed by atoms with van der Waals surface area (Å²) in [5.41, 5.74) is 0. The molecule has 0 radical (unpaired) electrons. The molecule has 1 atom stereocenters. The fourth-order valence-electron chi connectivity index (χ4n) is 1.85. The summed E-state index contributed by atoms with van der Waals surface area (Å²) in [4.78, 5) is 3.40. The van der Waals surface area contributed by atoms with Crippen LogP contribution < -0.4 is 5.32 Å². The fraction of sp³-hybridized carbons (Fsp3) is 0.800. The molecule has 2 heterocycles. The van der Waals surface area contributed by atoms with Gasteiger partial charge in [0.15, 0.2) is 5.82 Å². The second-order valence-electron chi connectivity index (χ2n) is 4.24. The van der Waals surface area contributed by atoms with E-state index in [4.69, 9.17) is 0 Å². The first-order valence-electron chi connectivity index (χ1n) is 5.75. The molecule has 1 aromatic heterocycles. The zero-order valence-corrected chi connectivity index (χ0v) is 9.50. The second kappa shape index (κ2) is 5.21. The first-order chi connectivity index (χ1) is 8.51. The molecule has 4 nitrogen and oxygen atoms in total. The van der Waals surface area contributed by atoms with Gasteiger partial charge in [0.25, 0.3) is 0 Å². The Labute approximate surface area is 101 Å². The van der Waals surface area contributed by atoms with Gasteiger partial charge in [-0.1, -0.05) is 18.0 Å². The van der Waals surface area contributed by atoms with E-state index in [1.54, 1.807) is 0 Å². The monoisotopic (exact) mass is 267 g/mol. The van der Waals surface area contributed by atoms with E-state index in [-0.39, 0.29) is 11.9 Å². The normalized spacial score (nSPS) is 22.2. The van der Waals surface area contributed by atoms with E-state index >= 15 is 0 Å². The zero-order chi connectivity index (χ0) is 13.2. The maximum absolute atomic E-state index is 13.0. The zero-order valence-electron chi connectivity index (χ0n) is 9.50. The summed E-state index contributed by atoms with van der Waals surface area (Å²) in [5, 5.41) is 6.44. The Morgan fingerprint density at radius 1 is 1.28 bits per heavy atom. The van der Waals surface area contributed by atoms with E-state index in [1.165, 1.54) is 0 Å². The van der Waals surface area contributed by atoms with Crippen LogP contribution in [0.5, 0.6) is 0 Å². The quantitative estimate of drug-likeness (QED) is 0.855. The molecule has 102 valence electrons. The number of nitrogens with zero attached hydrogens (tertiary/aromatic N) is 2. The van der Waals surface area contributed by atoms with Gasteiger partial charge in [0.05, 0.1) is 6.04 Å². The van der Waals surface area contributed by atoms with Crippen LogP contribution in [-0.4, -0.2) is 23.1 Å². The Morgan fingerprint density at radius 3 is 2.78 bits per heavy atom. The third-order valence-electron chi connectivity index (χ3n) is 2.87. The molecular weight excluding hydrogens is 254 g/mol. The third-order valence-corrected chi connectivity index (χ3v) is 2.87. The maximum atomic E-state index is 13.0. The van der Waals surface area contributed by atoms with Crippen molar-refractivity contribution >= 4 is 0 Å². The lowest BCUT2D eigenvalue weighted by atomic mass is 10.1. The van der Waals surface area contributed by atoms with Crippen molar-refractivity contribution in [2.75, 3.05) is 6.54 Å². The van der Waals surface area contributed by atoms with Crippen LogP contribution in [0.3, 0.4) is 0 Å². The molecule has 1 saturated heterocycles. The Morgan fingerprint density at radius 2 is 2.06 bits per heavy atom. The highest BCUT2D eigenvalue weighted by molar-refractivity contribution is 5.00. The van der Waals surface area contributed by atoms with Crippen LogP contribution >= 0.6 is 0 Å². The number of halogens is 4. The molecule has 1 aliphatic heterocycles. The van der Waals surface area contributed by atoms with Crippen LogP contribution in [0.4, 0.5) is 17.6 Å². The van der Waals surface area contributed by atoms with E-state index in [9.17, 15) is 17.6 Å². The molecule has 1 aromatic rings. The SMILES string of the molecule is FC(F)C(F)(F)c1nc(C2CCCCCN2)no1. The molecule has 8 heteroatoms. The van der Waals surface area contributed by atoms with Gasteiger partial charge in [0.2, 0.25) is 0 Å². The van der Waals surface area contributed by atoms with Gasteiger partial charge in [-0.15, -0.1) is 0 Å². The van der Waals surface area contributed by atoms with E-state index in [1.807, 2.05) is 0 Å². The van der Waals surface area contributed by atoms with Crippen molar-refractivity contribution < 1.29 is 22.1 Å². The van der Waals surface area contributed by atoms with Gasteiger partial charge in [0.1, 0.15) is 0 Å². The molecule has 0 amide bonds. The van der Waals surface area contributed by atoms with Gasteiger partial charge in [-0.05, 0) is 19.4 Å². The number of aromatic nitrogens is 2. The largest absolute Gasteiger partial charge is 0.383 e. The molecule has 0 aromatic carbocycles. The van der Waals surface area contributed by atoms with Crippen molar-refractivity contribution in [1.82, 2.24) is 15.5 Å². The van der Waals surface area contributed by atoms with Gasteiger partial charge in [0, 0.05) is 0 Å². The molecule has 1 aliphatic rings. The van der Waals surface area contributed by atoms with E-state index < -0.39 is 18.2 Å². The molecule has 18 heavy (non-hydrogen) atoms. The standard InChI is InChI=1S/C10H13F4N3O/c11-8(12)10(13,14)9-16-7(17-18-9)6-4-2-1-3-5-15-6/h6,8,15H,1-5H2. The molecule has 1 N–H and O–H groups in total. The van der Waals surface area contributed by atoms with Gasteiger partial charge in [-0.25, -0.2) is 8.78 Å². The predicted molar refractivity (Wildman–Crippen MR) is 53.4 cm³/mol. The molecule has 1 fully saturated rings. The number of hydrogen-bond donors (Lipinski definition) is 1. The van der Waals surface area contributed by atoms with E-state index in [0.29, 0.717) is 6.42 Å². The number of rotatable bonds is 3. The van der Waals surface area contributed by atoms with Crippen molar-refractivity contribution in [3.8, 4) is 0 Å². The molecule has 0 saturated carbocycles. The highest BCUT2D eigenvalue weighted by Gasteiger charge is 2.48. The molecular formula is C10H13F4N3O. The molecule has 1 unspecified atom stereocenters. The summed E-state index contributed by atoms with van der Waals surface area (Å²) >= 11 is 0. The summed E-state index contributed by atoms with van der Waals surface area (Å²) in [7, 11) is 0. The molecule has 2 rings (SSSR count). The minimum absolute atomic E-state index is 0.0206. The van der Waals surface area contributed by atoms with E-state index in [0.717, 1.165) is 25.8 Å². The second-order valence-corrected chi connectivity index (χ2v) is 4.24. The Kier molecular flexibility index (Phi) is 3.84. The number of alkyl halides is 4. The Balaban J connectivity index is 2.14. The van der Waals surface area contributed by atoms with Crippen molar-refractivity contribution in [1.29, 1.82) is 0 Å². The van der Waals surface area contributed by atoms with Crippen LogP contribution in [0.2, 0.25) is 0 Å². The summed E-state index contributed by atoms with van der Waals surface area (Å²) in [6.45, 7) is 0.722. The van der Waals surface area contributed by atoms with Crippen molar-refractivity contribution in [3.05, 3.63) is 11.7 Å². The summed E-state index contributed by atoms with van der Waals surface area (Å²) in [6.07, 6.45) is -0.255. The van der Waals surface area contributed by atoms with Crippen molar-refractivity contribution in [2.24, 2.45) is 0 Å². The topological polar surface area (TPSA) is 51.0 Å². The molecule has 0 aliphatic carbocycles. The third kappa shape index (κ3) is 2.63. The van der Waals surface area contributed by atoms with Crippen LogP contribution in [-0.2, 0) is 5.92 Å². The highest BCUT2D eigenvalue weighted by atomic mass is 19.3. The average molecular weight is 267 g/mol. The predicted octanol–water partition coefficient (Wildman–Crippen LogP) is 2.63. The van der Waals surface area contributed by atoms with Crippen LogP contribution in [0, 0.1) is 0 Å². The van der Waals surface area contributed by atoms with Gasteiger partial charge in [-0.2, -0.15) is 13.8 Å². The smallest absolute Gasteiger partial charge is 0.332 e. The lowest BCUT2D eigenvalue weighted by molar-refractivity contribution is -0.152. The summed E-state index contributed by atoms with van der Waals surface area (Å²) in [6, 6.07) is -0.307.